The maximum atomic E-state index is 6.66. The summed E-state index contributed by atoms with van der Waals surface area (Å²) < 4.78 is 8.87. The molecule has 9 aromatic rings. The number of benzene rings is 7. The van der Waals surface area contributed by atoms with Gasteiger partial charge in [0, 0.05) is 72.5 Å². The molecule has 0 atom stereocenters. The molecule has 0 saturated heterocycles. The van der Waals surface area contributed by atoms with E-state index in [9.17, 15) is 0 Å². The fraction of sp³-hybridized carbons (Fsp3) is 0.143. The van der Waals surface area contributed by atoms with Gasteiger partial charge in [-0.2, -0.15) is 12.1 Å². The first kappa shape index (κ1) is 41.0. The predicted molar refractivity (Wildman–Crippen MR) is 252 cm³/mol. The minimum atomic E-state index is -0.120. The predicted octanol–water partition coefficient (Wildman–Crippen LogP) is 14.9. The van der Waals surface area contributed by atoms with Gasteiger partial charge in [0.25, 0.3) is 0 Å². The zero-order chi connectivity index (χ0) is 41.9. The molecule has 0 aliphatic carbocycles. The van der Waals surface area contributed by atoms with Crippen molar-refractivity contribution in [2.45, 2.75) is 52.4 Å². The van der Waals surface area contributed by atoms with Crippen LogP contribution in [-0.2, 0) is 31.9 Å². The molecular weight excluding hydrogens is 940 g/mol. The van der Waals surface area contributed by atoms with Crippen molar-refractivity contribution in [2.75, 3.05) is 9.80 Å². The number of aromatic nitrogens is 2. The van der Waals surface area contributed by atoms with Crippen LogP contribution < -0.4 is 14.5 Å². The van der Waals surface area contributed by atoms with Crippen LogP contribution in [0.15, 0.2) is 170 Å². The van der Waals surface area contributed by atoms with Crippen molar-refractivity contribution in [1.29, 1.82) is 0 Å². The molecule has 0 spiro atoms. The molecule has 7 aromatic carbocycles. The Hall–Kier alpha value is -6.42. The first-order valence-electron chi connectivity index (χ1n) is 21.0. The van der Waals surface area contributed by atoms with Gasteiger partial charge >= 0.3 is 0 Å². The van der Waals surface area contributed by atoms with E-state index in [1.54, 1.807) is 0 Å². The molecule has 310 valence electrons. The Labute approximate surface area is 379 Å². The Morgan fingerprint density at radius 2 is 1.18 bits per heavy atom. The summed E-state index contributed by atoms with van der Waals surface area (Å²) in [5, 5.41) is 2.22. The summed E-state index contributed by atoms with van der Waals surface area (Å²) in [5.74, 6) is 2.04. The molecule has 0 N–H and O–H groups in total. The summed E-state index contributed by atoms with van der Waals surface area (Å²) in [4.78, 5) is 9.61. The average Bonchev–Trinajstić information content (AvgIpc) is 3.82. The van der Waals surface area contributed by atoms with Gasteiger partial charge in [-0.05, 0) is 68.8 Å². The van der Waals surface area contributed by atoms with Crippen molar-refractivity contribution in [1.82, 2.24) is 9.55 Å². The number of ether oxygens (including phenoxy) is 1. The molecule has 10 rings (SSSR count). The monoisotopic (exact) mass is 986 g/mol. The Bertz CT molecular complexity index is 3070. The van der Waals surface area contributed by atoms with E-state index in [2.05, 4.69) is 220 Å². The molecule has 0 bridgehead atoms. The molecule has 5 nitrogen and oxygen atoms in total. The van der Waals surface area contributed by atoms with E-state index in [1.165, 1.54) is 22.3 Å². The molecule has 62 heavy (non-hydrogen) atoms. The van der Waals surface area contributed by atoms with Crippen LogP contribution >= 0.6 is 0 Å². The summed E-state index contributed by atoms with van der Waals surface area (Å²) in [5.41, 5.74) is 13.1. The minimum Gasteiger partial charge on any atom is -0.509 e. The van der Waals surface area contributed by atoms with Gasteiger partial charge in [-0.3, -0.25) is 0 Å². The third kappa shape index (κ3) is 7.49. The van der Waals surface area contributed by atoms with Crippen LogP contribution in [0.1, 0.15) is 52.7 Å². The average molecular weight is 987 g/mol. The Balaban J connectivity index is 0.00000490. The van der Waals surface area contributed by atoms with E-state index in [4.69, 9.17) is 9.72 Å². The molecule has 1 aliphatic rings. The van der Waals surface area contributed by atoms with Crippen molar-refractivity contribution in [3.05, 3.63) is 200 Å². The van der Waals surface area contributed by atoms with Gasteiger partial charge in [0.05, 0.1) is 0 Å². The maximum Gasteiger partial charge on any atom is 0.135 e. The number of para-hydroxylation sites is 3. The number of hydrogen-bond acceptors (Lipinski definition) is 4. The maximum absolute atomic E-state index is 6.66. The Morgan fingerprint density at radius 3 is 1.89 bits per heavy atom. The minimum absolute atomic E-state index is 0. The van der Waals surface area contributed by atoms with E-state index >= 15 is 0 Å². The van der Waals surface area contributed by atoms with Gasteiger partial charge in [-0.1, -0.05) is 150 Å². The number of rotatable bonds is 7. The number of nitrogens with zero attached hydrogens (tertiary/aromatic N) is 4. The second kappa shape index (κ2) is 16.1. The van der Waals surface area contributed by atoms with Crippen molar-refractivity contribution in [2.24, 2.45) is 0 Å². The van der Waals surface area contributed by atoms with Gasteiger partial charge in [-0.25, -0.2) is 4.98 Å². The fourth-order valence-corrected chi connectivity index (χ4v) is 8.52. The number of fused-ring (bicyclic) bond motifs is 4. The van der Waals surface area contributed by atoms with Crippen molar-refractivity contribution < 1.29 is 25.8 Å². The largest absolute Gasteiger partial charge is 0.509 e. The van der Waals surface area contributed by atoms with Crippen molar-refractivity contribution in [3.8, 4) is 39.6 Å². The molecule has 0 radical (unpaired) electrons. The van der Waals surface area contributed by atoms with Crippen LogP contribution in [0.25, 0.3) is 49.9 Å². The SMILES string of the molecule is CC(C)(C)c1ccc(-c2ccccc2)c(N2[CH-]N(c3[c-]c(Oc4[c-]c5c(cc4)c4ccccc4n5-c4cc(C(C)(C)C)c(-c5ccccc5)cn4)ccc3)c3ccccc32)c1.[Pt]. The van der Waals surface area contributed by atoms with Crippen LogP contribution in [0.3, 0.4) is 0 Å². The molecule has 0 fully saturated rings. The van der Waals surface area contributed by atoms with E-state index in [1.807, 2.05) is 24.4 Å². The van der Waals surface area contributed by atoms with Gasteiger partial charge in [0.2, 0.25) is 0 Å². The van der Waals surface area contributed by atoms with Crippen LogP contribution in [0.5, 0.6) is 11.5 Å². The number of pyridine rings is 1. The molecule has 0 unspecified atom stereocenters. The standard InChI is InChI=1S/C56H47N4O.Pt/c1-55(2,3)40-28-30-44(38-18-9-7-10-19-38)52(32-40)59-37-58(50-26-15-16-27-51(50)59)41-22-17-23-42(33-41)61-43-29-31-46-45-24-13-14-25-49(45)60(53(46)34-43)54-35-48(56(4,5)6)47(36-57-54)39-20-11-8-12-21-39;/h7-32,35-37H,1-6H3;/q-3;. The van der Waals surface area contributed by atoms with Crippen LogP contribution in [-0.4, -0.2) is 9.55 Å². The van der Waals surface area contributed by atoms with Gasteiger partial charge in [-0.15, -0.1) is 48.1 Å². The fourth-order valence-electron chi connectivity index (χ4n) is 8.52. The summed E-state index contributed by atoms with van der Waals surface area (Å²) in [7, 11) is 0. The molecule has 3 heterocycles. The zero-order valence-electron chi connectivity index (χ0n) is 35.8. The third-order valence-electron chi connectivity index (χ3n) is 11.6. The van der Waals surface area contributed by atoms with Gasteiger partial charge in [0.15, 0.2) is 0 Å². The van der Waals surface area contributed by atoms with E-state index < -0.39 is 0 Å². The second-order valence-electron chi connectivity index (χ2n) is 17.8. The van der Waals surface area contributed by atoms with Gasteiger partial charge in [0.1, 0.15) is 5.82 Å². The van der Waals surface area contributed by atoms with E-state index in [0.29, 0.717) is 11.5 Å². The Morgan fingerprint density at radius 1 is 0.532 bits per heavy atom. The van der Waals surface area contributed by atoms with Crippen molar-refractivity contribution in [3.63, 3.8) is 0 Å². The first-order valence-corrected chi connectivity index (χ1v) is 21.0. The zero-order valence-corrected chi connectivity index (χ0v) is 38.0. The van der Waals surface area contributed by atoms with Gasteiger partial charge < -0.3 is 19.1 Å². The molecular formula is C56H47N4OPt-3. The molecule has 1 aliphatic heterocycles. The van der Waals surface area contributed by atoms with Crippen LogP contribution in [0.2, 0.25) is 0 Å². The molecule has 2 aromatic heterocycles. The van der Waals surface area contributed by atoms with Crippen molar-refractivity contribution >= 4 is 44.6 Å². The number of anilines is 4. The van der Waals surface area contributed by atoms with E-state index in [-0.39, 0.29) is 31.9 Å². The number of hydrogen-bond donors (Lipinski definition) is 0. The quantitative estimate of drug-likeness (QED) is 0.149. The Kier molecular flexibility index (Phi) is 10.7. The molecule has 6 heteroatoms. The van der Waals surface area contributed by atoms with E-state index in [0.717, 1.165) is 61.5 Å². The third-order valence-corrected chi connectivity index (χ3v) is 11.6. The molecule has 0 saturated carbocycles. The normalized spacial score (nSPS) is 12.7. The molecule has 0 amide bonds. The second-order valence-corrected chi connectivity index (χ2v) is 17.8. The smallest absolute Gasteiger partial charge is 0.135 e. The summed E-state index contributed by atoms with van der Waals surface area (Å²) in [6.45, 7) is 15.7. The first-order chi connectivity index (χ1) is 29.5. The summed E-state index contributed by atoms with van der Waals surface area (Å²) >= 11 is 0. The summed E-state index contributed by atoms with van der Waals surface area (Å²) in [6, 6.07) is 64.7. The topological polar surface area (TPSA) is 33.5 Å². The summed E-state index contributed by atoms with van der Waals surface area (Å²) in [6.07, 6.45) is 2.02. The van der Waals surface area contributed by atoms with Crippen LogP contribution in [0, 0.1) is 18.8 Å². The van der Waals surface area contributed by atoms with Crippen LogP contribution in [0.4, 0.5) is 22.7 Å².